The van der Waals surface area contributed by atoms with E-state index in [0.29, 0.717) is 5.56 Å². The van der Waals surface area contributed by atoms with Crippen molar-refractivity contribution in [3.63, 3.8) is 0 Å². The van der Waals surface area contributed by atoms with Crippen molar-refractivity contribution in [2.75, 3.05) is 6.61 Å². The van der Waals surface area contributed by atoms with Gasteiger partial charge in [0.2, 0.25) is 47.3 Å². The van der Waals surface area contributed by atoms with Crippen LogP contribution in [0.5, 0.6) is 5.75 Å². The second-order valence-corrected chi connectivity index (χ2v) is 19.0. The van der Waals surface area contributed by atoms with E-state index < -0.39 is 132 Å². The molecule has 23 heteroatoms. The third-order valence-corrected chi connectivity index (χ3v) is 10.7. The van der Waals surface area contributed by atoms with E-state index in [9.17, 15) is 68.7 Å². The average molecular weight is 980 g/mol. The van der Waals surface area contributed by atoms with E-state index in [1.54, 1.807) is 55.4 Å². The van der Waals surface area contributed by atoms with E-state index in [-0.39, 0.29) is 49.2 Å². The molecule has 1 aromatic rings. The quantitative estimate of drug-likeness (QED) is 0.0405. The Morgan fingerprint density at radius 1 is 0.478 bits per heavy atom. The first-order chi connectivity index (χ1) is 32.0. The number of hydrogen-bond donors (Lipinski definition) is 14. The van der Waals surface area contributed by atoms with E-state index in [0.717, 1.165) is 0 Å². The van der Waals surface area contributed by atoms with Crippen molar-refractivity contribution in [3.8, 4) is 5.75 Å². The number of rotatable bonds is 29. The molecule has 11 atom stereocenters. The lowest BCUT2D eigenvalue weighted by molar-refractivity contribution is -0.143. The number of aliphatic carboxylic acids is 1. The van der Waals surface area contributed by atoms with Crippen LogP contribution in [-0.4, -0.2) is 152 Å². The van der Waals surface area contributed by atoms with Gasteiger partial charge in [0.1, 0.15) is 60.1 Å². The Kier molecular flexibility index (Phi) is 25.9. The van der Waals surface area contributed by atoms with Crippen LogP contribution in [0, 0.1) is 23.7 Å². The second-order valence-electron chi connectivity index (χ2n) is 19.0. The van der Waals surface area contributed by atoms with Gasteiger partial charge in [0.25, 0.3) is 0 Å². The molecule has 0 unspecified atom stereocenters. The number of hydrogen-bond acceptors (Lipinski definition) is 14. The first-order valence-electron chi connectivity index (χ1n) is 23.1. The van der Waals surface area contributed by atoms with Crippen LogP contribution in [0.2, 0.25) is 0 Å². The second kappa shape index (κ2) is 29.2. The van der Waals surface area contributed by atoms with Crippen molar-refractivity contribution in [2.24, 2.45) is 29.4 Å². The Labute approximate surface area is 403 Å². The normalized spacial score (nSPS) is 16.3. The van der Waals surface area contributed by atoms with Crippen LogP contribution in [0.15, 0.2) is 24.3 Å². The summed E-state index contributed by atoms with van der Waals surface area (Å²) in [5.41, 5.74) is 6.16. The number of nitrogens with one attached hydrogen (secondary N) is 8. The zero-order chi connectivity index (χ0) is 53.0. The number of aliphatic hydroxyl groups excluding tert-OH is 3. The van der Waals surface area contributed by atoms with Gasteiger partial charge in [-0.05, 0) is 81.4 Å². The fourth-order valence-electron chi connectivity index (χ4n) is 6.83. The van der Waals surface area contributed by atoms with Gasteiger partial charge in [0.15, 0.2) is 0 Å². The summed E-state index contributed by atoms with van der Waals surface area (Å²) in [7, 11) is 0. The largest absolute Gasteiger partial charge is 0.508 e. The molecule has 23 nitrogen and oxygen atoms in total. The van der Waals surface area contributed by atoms with Crippen LogP contribution >= 0.6 is 0 Å². The molecule has 0 aliphatic carbocycles. The number of carbonyl (C=O) groups is 9. The zero-order valence-corrected chi connectivity index (χ0v) is 41.5. The Bertz CT molecular complexity index is 1890. The van der Waals surface area contributed by atoms with Gasteiger partial charge in [0.05, 0.1) is 18.8 Å². The molecule has 0 radical (unpaired) electrons. The van der Waals surface area contributed by atoms with Gasteiger partial charge >= 0.3 is 5.97 Å². The number of amides is 8. The molecule has 0 bridgehead atoms. The minimum Gasteiger partial charge on any atom is -0.508 e. The van der Waals surface area contributed by atoms with E-state index in [1.807, 2.05) is 0 Å². The monoisotopic (exact) mass is 980 g/mol. The van der Waals surface area contributed by atoms with Crippen LogP contribution in [0.3, 0.4) is 0 Å². The SMILES string of the molecule is CC(C)C[C@H](NC(=O)[C@@H](NC(=O)[C@H](C)NC(=O)[C@@H](NC(=O)[C@@H](NC(=O)[C@H](CC(C)C)NC(=O)[C@H](Cc1ccc(O)cc1)NC(=O)[C@H](CC(C)C)NC(=O)[C@@H](N)CO)[C@@H](C)O)C(C)C)[C@@H](C)O)C(=O)O. The van der Waals surface area contributed by atoms with Crippen LogP contribution in [0.25, 0.3) is 0 Å². The van der Waals surface area contributed by atoms with Gasteiger partial charge < -0.3 is 73.8 Å². The molecule has 0 heterocycles. The molecule has 8 amide bonds. The topological polar surface area (TPSA) is 377 Å². The number of carboxylic acids is 1. The Morgan fingerprint density at radius 2 is 0.841 bits per heavy atom. The first-order valence-corrected chi connectivity index (χ1v) is 23.1. The molecule has 0 fully saturated rings. The fourth-order valence-corrected chi connectivity index (χ4v) is 6.83. The van der Waals surface area contributed by atoms with Crippen molar-refractivity contribution in [3.05, 3.63) is 29.8 Å². The lowest BCUT2D eigenvalue weighted by Crippen LogP contribution is -2.63. The molecule has 1 aromatic carbocycles. The summed E-state index contributed by atoms with van der Waals surface area (Å²) >= 11 is 0. The highest BCUT2D eigenvalue weighted by Crippen LogP contribution is 2.15. The third-order valence-electron chi connectivity index (χ3n) is 10.7. The van der Waals surface area contributed by atoms with E-state index in [2.05, 4.69) is 42.5 Å². The average Bonchev–Trinajstić information content (AvgIpc) is 3.24. The molecule has 0 spiro atoms. The van der Waals surface area contributed by atoms with Crippen LogP contribution in [-0.2, 0) is 49.6 Å². The lowest BCUT2D eigenvalue weighted by Gasteiger charge is -2.30. The lowest BCUT2D eigenvalue weighted by atomic mass is 9.99. The number of benzene rings is 1. The molecule has 0 aromatic heterocycles. The molecule has 0 aliphatic heterocycles. The van der Waals surface area contributed by atoms with Gasteiger partial charge in [-0.1, -0.05) is 67.5 Å². The predicted octanol–water partition coefficient (Wildman–Crippen LogP) is -2.21. The summed E-state index contributed by atoms with van der Waals surface area (Å²) in [6, 6.07) is -6.80. The summed E-state index contributed by atoms with van der Waals surface area (Å²) in [5.74, 6) is -9.63. The maximum Gasteiger partial charge on any atom is 0.326 e. The number of phenols is 1. The predicted molar refractivity (Wildman–Crippen MR) is 252 cm³/mol. The third kappa shape index (κ3) is 21.5. The smallest absolute Gasteiger partial charge is 0.326 e. The molecular formula is C46H77N9O14. The molecule has 0 saturated carbocycles. The highest BCUT2D eigenvalue weighted by atomic mass is 16.4. The van der Waals surface area contributed by atoms with E-state index in [4.69, 9.17) is 5.73 Å². The number of aromatic hydroxyl groups is 1. The number of aliphatic hydroxyl groups is 3. The minimum absolute atomic E-state index is 0.00329. The van der Waals surface area contributed by atoms with Crippen molar-refractivity contribution >= 4 is 53.2 Å². The van der Waals surface area contributed by atoms with Gasteiger partial charge in [0, 0.05) is 6.42 Å². The minimum atomic E-state index is -1.70. The first kappa shape index (κ1) is 61.1. The van der Waals surface area contributed by atoms with Gasteiger partial charge in [-0.2, -0.15) is 0 Å². The number of phenolic OH excluding ortho intramolecular Hbond substituents is 1. The summed E-state index contributed by atoms with van der Waals surface area (Å²) in [5, 5.41) is 69.6. The summed E-state index contributed by atoms with van der Waals surface area (Å²) < 4.78 is 0. The van der Waals surface area contributed by atoms with Gasteiger partial charge in [-0.3, -0.25) is 38.4 Å². The number of carboxylic acid groups (broad SMARTS) is 1. The van der Waals surface area contributed by atoms with Crippen molar-refractivity contribution in [1.82, 2.24) is 42.5 Å². The number of nitrogens with two attached hydrogens (primary N) is 1. The molecule has 0 saturated heterocycles. The van der Waals surface area contributed by atoms with E-state index >= 15 is 0 Å². The van der Waals surface area contributed by atoms with Crippen molar-refractivity contribution in [2.45, 2.75) is 168 Å². The van der Waals surface area contributed by atoms with Gasteiger partial charge in [-0.15, -0.1) is 0 Å². The highest BCUT2D eigenvalue weighted by molar-refractivity contribution is 5.98. The van der Waals surface area contributed by atoms with E-state index in [1.165, 1.54) is 45.0 Å². The molecule has 69 heavy (non-hydrogen) atoms. The molecular weight excluding hydrogens is 903 g/mol. The molecule has 1 rings (SSSR count). The van der Waals surface area contributed by atoms with Crippen molar-refractivity contribution in [1.29, 1.82) is 0 Å². The molecule has 390 valence electrons. The van der Waals surface area contributed by atoms with Crippen LogP contribution in [0.1, 0.15) is 101 Å². The summed E-state index contributed by atoms with van der Waals surface area (Å²) in [6.07, 6.45) is -2.99. The fraction of sp³-hybridized carbons (Fsp3) is 0.674. The number of carbonyl (C=O) groups excluding carboxylic acids is 8. The molecule has 15 N–H and O–H groups in total. The Hall–Kier alpha value is -5.91. The Balaban J connectivity index is 3.34. The van der Waals surface area contributed by atoms with Gasteiger partial charge in [-0.25, -0.2) is 4.79 Å². The summed E-state index contributed by atoms with van der Waals surface area (Å²) in [6.45, 7) is 16.7. The van der Waals surface area contributed by atoms with Crippen LogP contribution in [0.4, 0.5) is 0 Å². The van der Waals surface area contributed by atoms with Crippen molar-refractivity contribution < 1.29 is 68.7 Å². The zero-order valence-electron chi connectivity index (χ0n) is 41.5. The Morgan fingerprint density at radius 3 is 1.28 bits per heavy atom. The standard InChI is InChI=1S/C46H77N9O14/c1-21(2)16-31(49-39(61)30(47)20-56)40(62)51-33(19-28-12-14-29(59)15-13-28)41(63)50-32(17-22(3)4)42(64)55-37(27(11)58)45(67)53-35(24(7)8)43(65)48-25(9)38(60)54-36(26(10)57)44(66)52-34(46(68)69)18-23(5)6/h12-15,21-27,30-37,56-59H,16-20,47H2,1-11H3,(H,48,65)(H,49,61)(H,50,63)(H,51,62)(H,52,66)(H,53,67)(H,54,60)(H,55,64)(H,68,69)/t25-,26+,27+,30-,31-,32-,33-,34-,35-,36-,37-/m0/s1. The molecule has 0 aliphatic rings. The highest BCUT2D eigenvalue weighted by Gasteiger charge is 2.37. The maximum absolute atomic E-state index is 14.1. The summed E-state index contributed by atoms with van der Waals surface area (Å²) in [4.78, 5) is 120. The van der Waals surface area contributed by atoms with Crippen LogP contribution < -0.4 is 48.3 Å². The maximum atomic E-state index is 14.1.